The molecule has 0 aliphatic carbocycles. The Hall–Kier alpha value is -1.38. The van der Waals surface area contributed by atoms with E-state index in [4.69, 9.17) is 16.3 Å². The van der Waals surface area contributed by atoms with Crippen LogP contribution < -0.4 is 5.32 Å². The SMILES string of the molecule is CC(C)(C)OC(=O)N1[C@@H]2CC[C@H]1CC(NCc1ccc(Br)c(Cl)c1[N+](=O)[O-])C2. The zero-order chi connectivity index (χ0) is 20.6. The Morgan fingerprint density at radius 3 is 2.50 bits per heavy atom. The van der Waals surface area contributed by atoms with Crippen LogP contribution in [0.15, 0.2) is 16.6 Å². The quantitative estimate of drug-likeness (QED) is 0.488. The molecule has 2 heterocycles. The molecule has 0 saturated carbocycles. The van der Waals surface area contributed by atoms with Crippen molar-refractivity contribution in [3.05, 3.63) is 37.3 Å². The summed E-state index contributed by atoms with van der Waals surface area (Å²) in [6.07, 6.45) is 3.31. The molecule has 0 spiro atoms. The van der Waals surface area contributed by atoms with E-state index in [2.05, 4.69) is 21.2 Å². The van der Waals surface area contributed by atoms with Gasteiger partial charge in [0.15, 0.2) is 0 Å². The molecule has 3 atom stereocenters. The molecule has 2 saturated heterocycles. The molecular formula is C19H25BrClN3O4. The van der Waals surface area contributed by atoms with E-state index < -0.39 is 10.5 Å². The van der Waals surface area contributed by atoms with Crippen LogP contribution in [0.2, 0.25) is 5.02 Å². The summed E-state index contributed by atoms with van der Waals surface area (Å²) in [6.45, 7) is 5.98. The van der Waals surface area contributed by atoms with Gasteiger partial charge in [-0.3, -0.25) is 10.1 Å². The van der Waals surface area contributed by atoms with Crippen LogP contribution in [0.25, 0.3) is 0 Å². The molecule has 1 N–H and O–H groups in total. The van der Waals surface area contributed by atoms with Crippen LogP contribution in [0.5, 0.6) is 0 Å². The number of rotatable bonds is 4. The number of benzene rings is 1. The van der Waals surface area contributed by atoms with Crippen molar-refractivity contribution in [3.8, 4) is 0 Å². The number of nitrogens with zero attached hydrogens (tertiary/aromatic N) is 2. The third-order valence-corrected chi connectivity index (χ3v) is 6.53. The lowest BCUT2D eigenvalue weighted by Gasteiger charge is -2.39. The average molecular weight is 475 g/mol. The normalized spacial score (nSPS) is 24.3. The van der Waals surface area contributed by atoms with Crippen molar-refractivity contribution in [2.24, 2.45) is 0 Å². The lowest BCUT2D eigenvalue weighted by molar-refractivity contribution is -0.385. The minimum Gasteiger partial charge on any atom is -0.444 e. The zero-order valence-corrected chi connectivity index (χ0v) is 18.5. The number of amides is 1. The molecule has 28 heavy (non-hydrogen) atoms. The topological polar surface area (TPSA) is 84.7 Å². The van der Waals surface area contributed by atoms with Gasteiger partial charge in [-0.05, 0) is 74.5 Å². The van der Waals surface area contributed by atoms with Gasteiger partial charge in [0.1, 0.15) is 10.6 Å². The molecule has 9 heteroatoms. The third-order valence-electron chi connectivity index (χ3n) is 5.25. The summed E-state index contributed by atoms with van der Waals surface area (Å²) in [5.41, 5.74) is -0.0244. The molecule has 1 unspecified atom stereocenters. The molecule has 0 aromatic heterocycles. The minimum absolute atomic E-state index is 0.0716. The number of nitro groups is 1. The molecule has 1 aromatic carbocycles. The summed E-state index contributed by atoms with van der Waals surface area (Å²) in [7, 11) is 0. The van der Waals surface area contributed by atoms with Gasteiger partial charge in [-0.25, -0.2) is 4.79 Å². The molecule has 2 bridgehead atoms. The predicted octanol–water partition coefficient (Wildman–Crippen LogP) is 5.03. The fourth-order valence-corrected chi connectivity index (χ4v) is 4.70. The number of nitro benzene ring substituents is 1. The summed E-state index contributed by atoms with van der Waals surface area (Å²) in [4.78, 5) is 25.4. The van der Waals surface area contributed by atoms with E-state index in [-0.39, 0.29) is 34.9 Å². The number of carbonyl (C=O) groups is 1. The molecule has 3 rings (SSSR count). The van der Waals surface area contributed by atoms with E-state index in [0.29, 0.717) is 16.6 Å². The molecule has 2 aliphatic heterocycles. The second kappa shape index (κ2) is 8.16. The standard InChI is InChI=1S/C19H25BrClN3O4/c1-19(2,3)28-18(25)23-13-5-6-14(23)9-12(8-13)22-10-11-4-7-15(20)16(21)17(11)24(26)27/h4,7,12-14,22H,5-6,8-10H2,1-3H3/t12?,13-,14+. The largest absolute Gasteiger partial charge is 0.444 e. The molecule has 7 nitrogen and oxygen atoms in total. The molecule has 1 aromatic rings. The van der Waals surface area contributed by atoms with E-state index in [1.165, 1.54) is 0 Å². The van der Waals surface area contributed by atoms with E-state index >= 15 is 0 Å². The Labute approximate surface area is 178 Å². The maximum absolute atomic E-state index is 12.5. The van der Waals surface area contributed by atoms with Gasteiger partial charge in [0.05, 0.1) is 4.92 Å². The number of ether oxygens (including phenoxy) is 1. The first kappa shape index (κ1) is 21.3. The van der Waals surface area contributed by atoms with Crippen molar-refractivity contribution in [1.82, 2.24) is 10.2 Å². The summed E-state index contributed by atoms with van der Waals surface area (Å²) < 4.78 is 6.07. The van der Waals surface area contributed by atoms with Crippen molar-refractivity contribution in [2.45, 2.75) is 76.7 Å². The van der Waals surface area contributed by atoms with Gasteiger partial charge in [0.25, 0.3) is 5.69 Å². The average Bonchev–Trinajstić information content (AvgIpc) is 2.85. The van der Waals surface area contributed by atoms with Crippen LogP contribution >= 0.6 is 27.5 Å². The van der Waals surface area contributed by atoms with Gasteiger partial charge < -0.3 is 15.0 Å². The molecule has 154 valence electrons. The Kier molecular flexibility index (Phi) is 6.22. The van der Waals surface area contributed by atoms with Crippen LogP contribution in [0.1, 0.15) is 52.0 Å². The van der Waals surface area contributed by atoms with Crippen molar-refractivity contribution in [2.75, 3.05) is 0 Å². The van der Waals surface area contributed by atoms with Crippen LogP contribution in [0.4, 0.5) is 10.5 Å². The van der Waals surface area contributed by atoms with Crippen molar-refractivity contribution < 1.29 is 14.5 Å². The second-order valence-electron chi connectivity index (χ2n) is 8.45. The van der Waals surface area contributed by atoms with Gasteiger partial charge in [0, 0.05) is 34.7 Å². The first-order chi connectivity index (χ1) is 13.1. The van der Waals surface area contributed by atoms with Gasteiger partial charge >= 0.3 is 6.09 Å². The minimum atomic E-state index is -0.509. The molecular weight excluding hydrogens is 450 g/mol. The summed E-state index contributed by atoms with van der Waals surface area (Å²) in [5.74, 6) is 0. The highest BCUT2D eigenvalue weighted by atomic mass is 79.9. The van der Waals surface area contributed by atoms with Gasteiger partial charge in [0.2, 0.25) is 0 Å². The highest BCUT2D eigenvalue weighted by Crippen LogP contribution is 2.38. The fraction of sp³-hybridized carbons (Fsp3) is 0.632. The maximum atomic E-state index is 12.5. The molecule has 0 radical (unpaired) electrons. The first-order valence-corrected chi connectivity index (χ1v) is 10.6. The molecule has 1 amide bonds. The van der Waals surface area contributed by atoms with Crippen LogP contribution in [0.3, 0.4) is 0 Å². The second-order valence-corrected chi connectivity index (χ2v) is 9.68. The smallest absolute Gasteiger partial charge is 0.410 e. The van der Waals surface area contributed by atoms with Gasteiger partial charge in [-0.1, -0.05) is 11.6 Å². The maximum Gasteiger partial charge on any atom is 0.410 e. The summed E-state index contributed by atoms with van der Waals surface area (Å²) in [6, 6.07) is 3.93. The van der Waals surface area contributed by atoms with E-state index in [9.17, 15) is 14.9 Å². The highest BCUT2D eigenvalue weighted by molar-refractivity contribution is 9.10. The lowest BCUT2D eigenvalue weighted by atomic mass is 9.97. The van der Waals surface area contributed by atoms with Crippen molar-refractivity contribution >= 4 is 39.3 Å². The fourth-order valence-electron chi connectivity index (χ4n) is 4.13. The van der Waals surface area contributed by atoms with E-state index in [0.717, 1.165) is 25.7 Å². The number of halogens is 2. The van der Waals surface area contributed by atoms with E-state index in [1.54, 1.807) is 12.1 Å². The molecule has 2 fully saturated rings. The predicted molar refractivity (Wildman–Crippen MR) is 111 cm³/mol. The Morgan fingerprint density at radius 1 is 1.36 bits per heavy atom. The van der Waals surface area contributed by atoms with Gasteiger partial charge in [-0.2, -0.15) is 0 Å². The summed E-state index contributed by atoms with van der Waals surface area (Å²) >= 11 is 9.34. The monoisotopic (exact) mass is 473 g/mol. The zero-order valence-electron chi connectivity index (χ0n) is 16.2. The van der Waals surface area contributed by atoms with Gasteiger partial charge in [-0.15, -0.1) is 0 Å². The summed E-state index contributed by atoms with van der Waals surface area (Å²) in [5, 5.41) is 15.0. The lowest BCUT2D eigenvalue weighted by Crippen LogP contribution is -2.52. The van der Waals surface area contributed by atoms with Crippen LogP contribution in [-0.4, -0.2) is 39.6 Å². The highest BCUT2D eigenvalue weighted by Gasteiger charge is 2.44. The van der Waals surface area contributed by atoms with E-state index in [1.807, 2.05) is 25.7 Å². The van der Waals surface area contributed by atoms with Crippen molar-refractivity contribution in [1.29, 1.82) is 0 Å². The Bertz CT molecular complexity index is 769. The number of hydrogen-bond donors (Lipinski definition) is 1. The number of carbonyl (C=O) groups excluding carboxylic acids is 1. The molecule has 2 aliphatic rings. The third kappa shape index (κ3) is 4.60. The van der Waals surface area contributed by atoms with Crippen molar-refractivity contribution in [3.63, 3.8) is 0 Å². The Balaban J connectivity index is 1.64. The number of fused-ring (bicyclic) bond motifs is 2. The van der Waals surface area contributed by atoms with Crippen LogP contribution in [-0.2, 0) is 11.3 Å². The van der Waals surface area contributed by atoms with Crippen LogP contribution in [0, 0.1) is 10.1 Å². The number of piperidine rings is 1. The number of nitrogens with one attached hydrogen (secondary N) is 1. The first-order valence-electron chi connectivity index (χ1n) is 9.43. The Morgan fingerprint density at radius 2 is 1.96 bits per heavy atom. The number of hydrogen-bond acceptors (Lipinski definition) is 5.